The second kappa shape index (κ2) is 7.98. The molecular weight excluding hydrogens is 232 g/mol. The van der Waals surface area contributed by atoms with Crippen molar-refractivity contribution < 1.29 is 19.1 Å². The molecule has 0 aromatic heterocycles. The van der Waals surface area contributed by atoms with Crippen molar-refractivity contribution in [3.8, 4) is 0 Å². The van der Waals surface area contributed by atoms with Gasteiger partial charge in [0.25, 0.3) is 0 Å². The third kappa shape index (κ3) is 7.10. The lowest BCUT2D eigenvalue weighted by molar-refractivity contribution is -0.145. The van der Waals surface area contributed by atoms with Crippen molar-refractivity contribution >= 4 is 29.5 Å². The number of esters is 1. The first kappa shape index (κ1) is 14.8. The maximum atomic E-state index is 11.4. The Hall–Kier alpha value is -1.24. The molecule has 2 amide bonds. The van der Waals surface area contributed by atoms with Gasteiger partial charge in [-0.15, -0.1) is 0 Å². The summed E-state index contributed by atoms with van der Waals surface area (Å²) in [6, 6.07) is 0. The van der Waals surface area contributed by atoms with Gasteiger partial charge in [0.1, 0.15) is 6.54 Å². The van der Waals surface area contributed by atoms with Crippen LogP contribution in [0, 0.1) is 0 Å². The molecule has 0 rings (SSSR count). The molecule has 0 spiro atoms. The van der Waals surface area contributed by atoms with E-state index in [0.717, 1.165) is 0 Å². The number of rotatable bonds is 7. The van der Waals surface area contributed by atoms with Crippen LogP contribution in [0.15, 0.2) is 0 Å². The average Bonchev–Trinajstić information content (AvgIpc) is 2.23. The first-order chi connectivity index (χ1) is 7.47. The molecule has 0 saturated carbocycles. The van der Waals surface area contributed by atoms with Gasteiger partial charge in [0.05, 0.1) is 12.9 Å². The van der Waals surface area contributed by atoms with Crippen molar-refractivity contribution in [1.82, 2.24) is 4.90 Å². The van der Waals surface area contributed by atoms with Gasteiger partial charge in [-0.2, -0.15) is 11.8 Å². The minimum absolute atomic E-state index is 0.0597. The van der Waals surface area contributed by atoms with E-state index in [4.69, 9.17) is 5.73 Å². The molecule has 0 aromatic carbocycles. The Balaban J connectivity index is 3.71. The summed E-state index contributed by atoms with van der Waals surface area (Å²) < 4.78 is 4.43. The number of nitrogens with zero attached hydrogens (tertiary/aromatic N) is 1. The first-order valence-corrected chi connectivity index (χ1v) is 5.79. The number of hydrogen-bond acceptors (Lipinski definition) is 5. The Kier molecular flexibility index (Phi) is 7.36. The largest absolute Gasteiger partial charge is 0.468 e. The molecule has 0 radical (unpaired) electrons. The SMILES string of the molecule is COC(=O)CN(C)C(=O)CCSCC(N)=O. The van der Waals surface area contributed by atoms with E-state index in [2.05, 4.69) is 4.74 Å². The normalized spacial score (nSPS) is 9.62. The fourth-order valence-corrected chi connectivity index (χ4v) is 1.53. The van der Waals surface area contributed by atoms with Gasteiger partial charge in [-0.05, 0) is 0 Å². The molecule has 16 heavy (non-hydrogen) atoms. The summed E-state index contributed by atoms with van der Waals surface area (Å²) in [5.41, 5.74) is 4.94. The molecule has 92 valence electrons. The molecule has 7 heteroatoms. The van der Waals surface area contributed by atoms with Gasteiger partial charge in [0.2, 0.25) is 11.8 Å². The molecule has 0 unspecified atom stereocenters. The number of carbonyl (C=O) groups is 3. The van der Waals surface area contributed by atoms with Crippen LogP contribution in [0.3, 0.4) is 0 Å². The lowest BCUT2D eigenvalue weighted by Gasteiger charge is -2.15. The summed E-state index contributed by atoms with van der Waals surface area (Å²) in [6.45, 7) is -0.0597. The van der Waals surface area contributed by atoms with Gasteiger partial charge >= 0.3 is 5.97 Å². The number of likely N-dealkylation sites (N-methyl/N-ethyl adjacent to an activating group) is 1. The van der Waals surface area contributed by atoms with Crippen molar-refractivity contribution in [1.29, 1.82) is 0 Å². The highest BCUT2D eigenvalue weighted by Crippen LogP contribution is 2.03. The fraction of sp³-hybridized carbons (Fsp3) is 0.667. The molecule has 0 saturated heterocycles. The third-order valence-corrected chi connectivity index (χ3v) is 2.71. The number of primary amides is 1. The number of thioether (sulfide) groups is 1. The minimum atomic E-state index is -0.458. The lowest BCUT2D eigenvalue weighted by atomic mass is 10.4. The van der Waals surface area contributed by atoms with Crippen molar-refractivity contribution in [3.05, 3.63) is 0 Å². The second-order valence-electron chi connectivity index (χ2n) is 3.09. The van der Waals surface area contributed by atoms with E-state index in [9.17, 15) is 14.4 Å². The van der Waals surface area contributed by atoms with Crippen molar-refractivity contribution in [3.63, 3.8) is 0 Å². The molecule has 2 N–H and O–H groups in total. The van der Waals surface area contributed by atoms with Crippen molar-refractivity contribution in [2.24, 2.45) is 5.73 Å². The van der Waals surface area contributed by atoms with Crippen LogP contribution in [0.1, 0.15) is 6.42 Å². The first-order valence-electron chi connectivity index (χ1n) is 4.64. The zero-order valence-electron chi connectivity index (χ0n) is 9.39. The second-order valence-corrected chi connectivity index (χ2v) is 4.20. The van der Waals surface area contributed by atoms with Crippen molar-refractivity contribution in [2.75, 3.05) is 32.2 Å². The van der Waals surface area contributed by atoms with Crippen LogP contribution in [-0.4, -0.2) is 54.9 Å². The molecule has 0 aliphatic carbocycles. The summed E-state index contributed by atoms with van der Waals surface area (Å²) in [4.78, 5) is 34.0. The Labute approximate surface area is 98.5 Å². The highest BCUT2D eigenvalue weighted by Gasteiger charge is 2.12. The van der Waals surface area contributed by atoms with Crippen LogP contribution >= 0.6 is 11.8 Å². The number of ether oxygens (including phenoxy) is 1. The molecule has 0 aliphatic rings. The van der Waals surface area contributed by atoms with E-state index < -0.39 is 11.9 Å². The third-order valence-electron chi connectivity index (χ3n) is 1.72. The Morgan fingerprint density at radius 1 is 1.38 bits per heavy atom. The number of hydrogen-bond donors (Lipinski definition) is 1. The number of carbonyl (C=O) groups excluding carboxylic acids is 3. The predicted octanol–water partition coefficient (Wildman–Crippen LogP) is -0.774. The quantitative estimate of drug-likeness (QED) is 0.472. The number of amides is 2. The maximum Gasteiger partial charge on any atom is 0.325 e. The van der Waals surface area contributed by atoms with Crippen LogP contribution in [0.25, 0.3) is 0 Å². The van der Waals surface area contributed by atoms with E-state index in [-0.39, 0.29) is 24.6 Å². The van der Waals surface area contributed by atoms with Crippen molar-refractivity contribution in [2.45, 2.75) is 6.42 Å². The molecule has 0 aromatic rings. The van der Waals surface area contributed by atoms with Gasteiger partial charge in [0, 0.05) is 19.2 Å². The number of nitrogens with two attached hydrogens (primary N) is 1. The Morgan fingerprint density at radius 2 is 2.00 bits per heavy atom. The van der Waals surface area contributed by atoms with Crippen LogP contribution in [0.4, 0.5) is 0 Å². The van der Waals surface area contributed by atoms with Gasteiger partial charge in [0.15, 0.2) is 0 Å². The zero-order chi connectivity index (χ0) is 12.6. The summed E-state index contributed by atoms with van der Waals surface area (Å²) in [6.07, 6.45) is 0.269. The highest BCUT2D eigenvalue weighted by atomic mass is 32.2. The van der Waals surface area contributed by atoms with E-state index in [0.29, 0.717) is 5.75 Å². The topological polar surface area (TPSA) is 89.7 Å². The van der Waals surface area contributed by atoms with Crippen LogP contribution in [0.2, 0.25) is 0 Å². The minimum Gasteiger partial charge on any atom is -0.468 e. The zero-order valence-corrected chi connectivity index (χ0v) is 10.2. The smallest absolute Gasteiger partial charge is 0.325 e. The summed E-state index contributed by atoms with van der Waals surface area (Å²) >= 11 is 1.29. The molecule has 0 heterocycles. The molecule has 0 bridgehead atoms. The Bertz CT molecular complexity index is 270. The molecular formula is C9H16N2O4S. The maximum absolute atomic E-state index is 11.4. The van der Waals surface area contributed by atoms with Crippen LogP contribution in [-0.2, 0) is 19.1 Å². The highest BCUT2D eigenvalue weighted by molar-refractivity contribution is 7.99. The summed E-state index contributed by atoms with van der Waals surface area (Å²) in [7, 11) is 2.79. The van der Waals surface area contributed by atoms with Crippen LogP contribution in [0.5, 0.6) is 0 Å². The van der Waals surface area contributed by atoms with Gasteiger partial charge in [-0.1, -0.05) is 0 Å². The molecule has 6 nitrogen and oxygen atoms in total. The summed E-state index contributed by atoms with van der Waals surface area (Å²) in [5, 5.41) is 0. The lowest BCUT2D eigenvalue weighted by Crippen LogP contribution is -2.32. The van der Waals surface area contributed by atoms with E-state index in [1.165, 1.54) is 30.8 Å². The van der Waals surface area contributed by atoms with E-state index >= 15 is 0 Å². The van der Waals surface area contributed by atoms with E-state index in [1.54, 1.807) is 0 Å². The summed E-state index contributed by atoms with van der Waals surface area (Å²) in [5.74, 6) is -0.315. The molecule has 0 fully saturated rings. The Morgan fingerprint density at radius 3 is 2.50 bits per heavy atom. The standard InChI is InChI=1S/C9H16N2O4S/c1-11(5-9(14)15-2)8(13)3-4-16-6-7(10)12/h3-6H2,1-2H3,(H2,10,12). The monoisotopic (exact) mass is 248 g/mol. The van der Waals surface area contributed by atoms with E-state index in [1.807, 2.05) is 0 Å². The predicted molar refractivity (Wildman–Crippen MR) is 60.8 cm³/mol. The van der Waals surface area contributed by atoms with Crippen LogP contribution < -0.4 is 5.73 Å². The molecule has 0 aliphatic heterocycles. The van der Waals surface area contributed by atoms with Gasteiger partial charge < -0.3 is 15.4 Å². The van der Waals surface area contributed by atoms with Gasteiger partial charge in [-0.25, -0.2) is 0 Å². The molecule has 0 atom stereocenters. The fourth-order valence-electron chi connectivity index (χ4n) is 0.869. The number of methoxy groups -OCH3 is 1. The average molecular weight is 248 g/mol. The van der Waals surface area contributed by atoms with Gasteiger partial charge in [-0.3, -0.25) is 14.4 Å².